The van der Waals surface area contributed by atoms with Gasteiger partial charge in [-0.1, -0.05) is 15.9 Å². The van der Waals surface area contributed by atoms with Crippen molar-refractivity contribution >= 4 is 61.0 Å². The summed E-state index contributed by atoms with van der Waals surface area (Å²) in [6.45, 7) is 3.45. The normalized spacial score (nSPS) is 10.7. The molecule has 0 saturated heterocycles. The third-order valence-electron chi connectivity index (χ3n) is 4.43. The van der Waals surface area contributed by atoms with Gasteiger partial charge in [-0.05, 0) is 43.7 Å². The number of anilines is 1. The van der Waals surface area contributed by atoms with Crippen LogP contribution in [0.1, 0.15) is 42.9 Å². The van der Waals surface area contributed by atoms with Gasteiger partial charge in [-0.2, -0.15) is 0 Å². The van der Waals surface area contributed by atoms with Gasteiger partial charge < -0.3 is 19.4 Å². The molecule has 0 aliphatic rings. The van der Waals surface area contributed by atoms with Crippen LogP contribution in [0.15, 0.2) is 33.2 Å². The molecular weight excluding hydrogens is 486 g/mol. The zero-order valence-corrected chi connectivity index (χ0v) is 19.7. The Morgan fingerprint density at radius 3 is 2.61 bits per heavy atom. The Bertz CT molecular complexity index is 1260. The standard InChI is InChI=1S/C21H20BrN3O5S/c1-5-29-21(28)15-10(2)16(20(27)25(3)4)31-19(15)24-18(26)13-9-11-8-12(22)6-7-14(11)30-17(13)23/h6-9,23H,5H2,1-4H3,(H,24,26). The Morgan fingerprint density at radius 1 is 1.26 bits per heavy atom. The largest absolute Gasteiger partial charge is 0.462 e. The van der Waals surface area contributed by atoms with Crippen LogP contribution in [0.4, 0.5) is 5.00 Å². The third-order valence-corrected chi connectivity index (χ3v) is 6.12. The van der Waals surface area contributed by atoms with Gasteiger partial charge in [-0.15, -0.1) is 11.3 Å². The maximum atomic E-state index is 13.0. The summed E-state index contributed by atoms with van der Waals surface area (Å²) in [6.07, 6.45) is 0. The summed E-state index contributed by atoms with van der Waals surface area (Å²) >= 11 is 4.36. The Balaban J connectivity index is 2.06. The van der Waals surface area contributed by atoms with Crippen LogP contribution in [-0.4, -0.2) is 43.4 Å². The van der Waals surface area contributed by atoms with E-state index in [1.165, 1.54) is 11.0 Å². The van der Waals surface area contributed by atoms with E-state index in [4.69, 9.17) is 14.6 Å². The van der Waals surface area contributed by atoms with Crippen molar-refractivity contribution in [2.45, 2.75) is 13.8 Å². The van der Waals surface area contributed by atoms with Crippen molar-refractivity contribution in [3.8, 4) is 0 Å². The van der Waals surface area contributed by atoms with Crippen LogP contribution in [0.3, 0.4) is 0 Å². The van der Waals surface area contributed by atoms with Gasteiger partial charge in [0.1, 0.15) is 16.1 Å². The highest BCUT2D eigenvalue weighted by molar-refractivity contribution is 9.10. The van der Waals surface area contributed by atoms with E-state index in [9.17, 15) is 14.4 Å². The van der Waals surface area contributed by atoms with E-state index in [0.29, 0.717) is 21.4 Å². The fraction of sp³-hybridized carbons (Fsp3) is 0.238. The number of nitrogens with one attached hydrogen (secondary N) is 2. The Morgan fingerprint density at radius 2 is 1.97 bits per heavy atom. The fourth-order valence-corrected chi connectivity index (χ4v) is 4.50. The average Bonchev–Trinajstić information content (AvgIpc) is 3.02. The van der Waals surface area contributed by atoms with Gasteiger partial charge in [0.2, 0.25) is 5.55 Å². The first-order valence-corrected chi connectivity index (χ1v) is 10.9. The van der Waals surface area contributed by atoms with Crippen LogP contribution in [-0.2, 0) is 4.74 Å². The Hall–Kier alpha value is -2.98. The van der Waals surface area contributed by atoms with Crippen molar-refractivity contribution < 1.29 is 23.5 Å². The topological polar surface area (TPSA) is 113 Å². The number of hydrogen-bond acceptors (Lipinski definition) is 7. The van der Waals surface area contributed by atoms with E-state index >= 15 is 0 Å². The molecule has 31 heavy (non-hydrogen) atoms. The van der Waals surface area contributed by atoms with E-state index in [-0.39, 0.29) is 34.2 Å². The molecule has 1 aromatic carbocycles. The second-order valence-electron chi connectivity index (χ2n) is 6.81. The molecule has 3 rings (SSSR count). The number of carbonyl (C=O) groups is 3. The summed E-state index contributed by atoms with van der Waals surface area (Å²) in [7, 11) is 3.20. The van der Waals surface area contributed by atoms with Crippen LogP contribution in [0.25, 0.3) is 11.0 Å². The van der Waals surface area contributed by atoms with Crippen LogP contribution in [0.5, 0.6) is 0 Å². The number of carbonyl (C=O) groups excluding carboxylic acids is 3. The highest BCUT2D eigenvalue weighted by atomic mass is 79.9. The monoisotopic (exact) mass is 505 g/mol. The quantitative estimate of drug-likeness (QED) is 0.505. The zero-order chi connectivity index (χ0) is 22.9. The first-order valence-electron chi connectivity index (χ1n) is 9.25. The molecule has 0 radical (unpaired) electrons. The smallest absolute Gasteiger partial charge is 0.341 e. The maximum absolute atomic E-state index is 13.0. The lowest BCUT2D eigenvalue weighted by Crippen LogP contribution is -2.21. The number of hydrogen-bond donors (Lipinski definition) is 2. The molecule has 2 aromatic heterocycles. The van der Waals surface area contributed by atoms with E-state index in [1.807, 2.05) is 0 Å². The molecule has 0 aliphatic carbocycles. The molecule has 0 bridgehead atoms. The van der Waals surface area contributed by atoms with Gasteiger partial charge in [-0.3, -0.25) is 15.0 Å². The Labute approximate surface area is 190 Å². The van der Waals surface area contributed by atoms with Crippen molar-refractivity contribution in [3.63, 3.8) is 0 Å². The predicted octanol–water partition coefficient (Wildman–Crippen LogP) is 4.18. The number of benzene rings is 1. The lowest BCUT2D eigenvalue weighted by molar-refractivity contribution is 0.0527. The first-order chi connectivity index (χ1) is 14.6. The molecule has 0 aliphatic heterocycles. The van der Waals surface area contributed by atoms with Gasteiger partial charge >= 0.3 is 5.97 Å². The van der Waals surface area contributed by atoms with Crippen LogP contribution >= 0.6 is 27.3 Å². The molecule has 2 amide bonds. The minimum Gasteiger partial charge on any atom is -0.462 e. The molecule has 0 fully saturated rings. The van der Waals surface area contributed by atoms with Crippen LogP contribution in [0, 0.1) is 12.3 Å². The van der Waals surface area contributed by atoms with Gasteiger partial charge in [0, 0.05) is 24.0 Å². The van der Waals surface area contributed by atoms with Crippen molar-refractivity contribution in [1.82, 2.24) is 4.90 Å². The molecule has 0 saturated carbocycles. The summed E-state index contributed by atoms with van der Waals surface area (Å²) in [5.74, 6) is -1.56. The molecule has 162 valence electrons. The highest BCUT2D eigenvalue weighted by Gasteiger charge is 2.28. The second-order valence-corrected chi connectivity index (χ2v) is 8.74. The van der Waals surface area contributed by atoms with Gasteiger partial charge in [0.15, 0.2) is 0 Å². The second kappa shape index (κ2) is 9.03. The summed E-state index contributed by atoms with van der Waals surface area (Å²) in [6, 6.07) is 6.77. The highest BCUT2D eigenvalue weighted by Crippen LogP contribution is 2.34. The summed E-state index contributed by atoms with van der Waals surface area (Å²) in [5, 5.41) is 11.6. The predicted molar refractivity (Wildman–Crippen MR) is 121 cm³/mol. The molecule has 2 heterocycles. The van der Waals surface area contributed by atoms with Gasteiger partial charge in [0.05, 0.1) is 17.0 Å². The number of esters is 1. The van der Waals surface area contributed by atoms with Crippen LogP contribution < -0.4 is 10.9 Å². The fourth-order valence-electron chi connectivity index (χ4n) is 2.91. The van der Waals surface area contributed by atoms with Crippen molar-refractivity contribution in [1.29, 1.82) is 5.41 Å². The number of thiophene rings is 1. The lowest BCUT2D eigenvalue weighted by atomic mass is 10.1. The Kier molecular flexibility index (Phi) is 6.61. The molecule has 3 aromatic rings. The van der Waals surface area contributed by atoms with Gasteiger partial charge in [0.25, 0.3) is 11.8 Å². The average molecular weight is 506 g/mol. The molecular formula is C21H20BrN3O5S. The number of rotatable bonds is 5. The third kappa shape index (κ3) is 4.54. The van der Waals surface area contributed by atoms with E-state index < -0.39 is 11.9 Å². The summed E-state index contributed by atoms with van der Waals surface area (Å²) in [4.78, 5) is 39.7. The number of nitrogens with zero attached hydrogens (tertiary/aromatic N) is 1. The number of amides is 2. The maximum Gasteiger partial charge on any atom is 0.341 e. The van der Waals surface area contributed by atoms with E-state index in [2.05, 4.69) is 21.2 Å². The SMILES string of the molecule is CCOC(=O)c1c(NC(=O)c2cc3cc(Br)ccc3oc2=N)sc(C(=O)N(C)C)c1C. The molecule has 2 N–H and O–H groups in total. The summed E-state index contributed by atoms with van der Waals surface area (Å²) < 4.78 is 11.4. The summed E-state index contributed by atoms with van der Waals surface area (Å²) in [5.41, 5.74) is 0.686. The molecule has 0 spiro atoms. The van der Waals surface area contributed by atoms with Crippen molar-refractivity contribution in [2.75, 3.05) is 26.0 Å². The molecule has 0 unspecified atom stereocenters. The minimum atomic E-state index is -0.636. The van der Waals surface area contributed by atoms with Gasteiger partial charge in [-0.25, -0.2) is 4.79 Å². The van der Waals surface area contributed by atoms with E-state index in [1.54, 1.807) is 46.1 Å². The number of halogens is 1. The van der Waals surface area contributed by atoms with Crippen molar-refractivity contribution in [2.24, 2.45) is 0 Å². The van der Waals surface area contributed by atoms with Crippen LogP contribution in [0.2, 0.25) is 0 Å². The molecule has 8 nitrogen and oxygen atoms in total. The van der Waals surface area contributed by atoms with Crippen molar-refractivity contribution in [3.05, 3.63) is 55.9 Å². The molecule has 0 atom stereocenters. The first kappa shape index (κ1) is 22.7. The van der Waals surface area contributed by atoms with E-state index in [0.717, 1.165) is 15.8 Å². The number of fused-ring (bicyclic) bond motifs is 1. The lowest BCUT2D eigenvalue weighted by Gasteiger charge is -2.09. The molecule has 10 heteroatoms. The minimum absolute atomic E-state index is 0.00746. The number of ether oxygens (including phenoxy) is 1. The zero-order valence-electron chi connectivity index (χ0n) is 17.3.